The Hall–Kier alpha value is -1.67. The Bertz CT molecular complexity index is 2350. The predicted octanol–water partition coefficient (Wildman–Crippen LogP) is -3.87. The summed E-state index contributed by atoms with van der Waals surface area (Å²) in [6.45, 7) is 3.51. The molecule has 1 radical (unpaired) electrons. The average molecular weight is 998 g/mol. The van der Waals surface area contributed by atoms with Crippen LogP contribution in [0, 0.1) is 11.8 Å². The number of benzene rings is 2. The summed E-state index contributed by atoms with van der Waals surface area (Å²) in [5.74, 6) is -0.137. The number of rotatable bonds is 13. The summed E-state index contributed by atoms with van der Waals surface area (Å²) in [6.07, 6.45) is 4.28. The molecule has 4 heterocycles. The fraction of sp³-hybridized carbons (Fsp3) is 0.450. The molecule has 313 valence electrons. The van der Waals surface area contributed by atoms with E-state index < -0.39 is 48.5 Å². The molecule has 61 heavy (non-hydrogen) atoms. The van der Waals surface area contributed by atoms with Gasteiger partial charge in [0.05, 0.1) is 44.1 Å². The van der Waals surface area contributed by atoms with Crippen molar-refractivity contribution in [1.29, 1.82) is 0 Å². The fourth-order valence-corrected chi connectivity index (χ4v) is 9.90. The van der Waals surface area contributed by atoms with Gasteiger partial charge in [-0.2, -0.15) is 25.5 Å². The van der Waals surface area contributed by atoms with Crippen LogP contribution in [0.1, 0.15) is 62.7 Å². The van der Waals surface area contributed by atoms with E-state index in [0.717, 1.165) is 11.1 Å². The maximum Gasteiger partial charge on any atom is 1.00 e. The van der Waals surface area contributed by atoms with E-state index in [0.29, 0.717) is 54.8 Å². The molecule has 21 heteroatoms. The van der Waals surface area contributed by atoms with Crippen LogP contribution in [0.15, 0.2) is 73.3 Å². The molecule has 10 N–H and O–H groups in total. The molecular weight excluding hydrogens is 948 g/mol. The Morgan fingerprint density at radius 3 is 1.52 bits per heavy atom. The van der Waals surface area contributed by atoms with Gasteiger partial charge < -0.3 is 60.4 Å². The van der Waals surface area contributed by atoms with Crippen LogP contribution in [0.3, 0.4) is 0 Å². The zero-order valence-corrected chi connectivity index (χ0v) is 45.6. The van der Waals surface area contributed by atoms with Crippen LogP contribution in [0.4, 0.5) is 11.9 Å². The number of ether oxygens (including phenoxy) is 2. The smallest absolute Gasteiger partial charge is 0.634 e. The van der Waals surface area contributed by atoms with Crippen molar-refractivity contribution in [2.24, 2.45) is 11.8 Å². The molecule has 2 saturated carbocycles. The molecule has 8 rings (SSSR count). The molecule has 0 aliphatic heterocycles. The van der Waals surface area contributed by atoms with Gasteiger partial charge >= 0.3 is 116 Å². The molecule has 0 spiro atoms. The molecule has 4 aromatic heterocycles. The number of aliphatic hydroxyl groups excluding tert-OH is 3. The Morgan fingerprint density at radius 2 is 1.11 bits per heavy atom. The number of nitrogens with zero attached hydrogens (tertiary/aromatic N) is 8. The SMILES string of the molecule is CC[C@@H]1[C@@H](O)C[C@H](n2cnc3c(OCc4ccccc4)nc(N)nc32)[C@]1(O)CO.CC[C@@H]1[C@@H]([Si-]O)C[C@H](n2cnc3c(OCc4ccccc4)nc(N)nc32)[C@]1(O)CO.[Rb+].[Rb+]. The first-order chi connectivity index (χ1) is 28.5. The topological polar surface area (TPSA) is 279 Å². The van der Waals surface area contributed by atoms with Crippen molar-refractivity contribution in [1.82, 2.24) is 39.0 Å². The normalized spacial score (nSPS) is 25.7. The quantitative estimate of drug-likeness (QED) is 0.0515. The molecule has 18 nitrogen and oxygen atoms in total. The van der Waals surface area contributed by atoms with Gasteiger partial charge in [0.15, 0.2) is 22.3 Å². The third kappa shape index (κ3) is 10.3. The third-order valence-electron chi connectivity index (χ3n) is 11.8. The molecule has 0 bridgehead atoms. The van der Waals surface area contributed by atoms with Crippen molar-refractivity contribution in [2.45, 2.75) is 87.7 Å². The number of hydrogen-bond acceptors (Lipinski definition) is 16. The second kappa shape index (κ2) is 22.0. The minimum atomic E-state index is -1.49. The third-order valence-corrected chi connectivity index (χ3v) is 12.8. The first-order valence-electron chi connectivity index (χ1n) is 19.6. The van der Waals surface area contributed by atoms with E-state index in [1.165, 1.54) is 6.33 Å². The van der Waals surface area contributed by atoms with E-state index >= 15 is 0 Å². The summed E-state index contributed by atoms with van der Waals surface area (Å²) < 4.78 is 15.1. The number of fused-ring (bicyclic) bond motifs is 2. The van der Waals surface area contributed by atoms with Crippen molar-refractivity contribution in [3.8, 4) is 11.8 Å². The van der Waals surface area contributed by atoms with Gasteiger partial charge in [0, 0.05) is 5.92 Å². The van der Waals surface area contributed by atoms with Crippen molar-refractivity contribution in [3.05, 3.63) is 84.4 Å². The largest absolute Gasteiger partial charge is 1.00 e. The van der Waals surface area contributed by atoms with Gasteiger partial charge in [0.1, 0.15) is 24.4 Å². The molecular formula is C40H50N10O8Rb2Si+. The fourth-order valence-electron chi connectivity index (χ4n) is 8.86. The molecule has 0 saturated heterocycles. The van der Waals surface area contributed by atoms with E-state index in [2.05, 4.69) is 29.9 Å². The first kappa shape index (κ1) is 50.3. The van der Waals surface area contributed by atoms with Gasteiger partial charge in [-0.3, -0.25) is 9.76 Å². The standard InChI is InChI=1S/C20H25N5O4Si.C20H25N5O4.2Rb/c1-2-13-14(30-28)8-15(20(13,27)10-26)25-11-22-16-17(25)23-19(21)24-18(16)29-9-12-6-4-3-5-7-12;1-2-13-14(27)8-15(20(13,28)10-26)25-11-22-16-17(25)23-19(21)24-18(16)29-9-12-6-4-3-5-7-12;;/h3-7,11,13-15,26-28H,2,8-10H2,1H3,(H2,21,23,24);3-7,11,13-15,26-28H,2,8-10H2,1H3,(H2,21,23,24);;/q-1;;2*+1/t2*13-,14+,15+,20+;;/m11../s1. The minimum absolute atomic E-state index is 0. The van der Waals surface area contributed by atoms with Crippen LogP contribution in [-0.4, -0.2) is 110 Å². The van der Waals surface area contributed by atoms with E-state index in [-0.39, 0.29) is 168 Å². The van der Waals surface area contributed by atoms with Gasteiger partial charge in [-0.1, -0.05) is 87.4 Å². The van der Waals surface area contributed by atoms with Crippen molar-refractivity contribution >= 4 is 44.0 Å². The summed E-state index contributed by atoms with van der Waals surface area (Å²) in [6, 6.07) is 18.2. The molecule has 0 amide bonds. The second-order valence-electron chi connectivity index (χ2n) is 15.1. The number of aromatic nitrogens is 8. The number of aliphatic hydroxyl groups is 5. The molecule has 2 aliphatic carbocycles. The van der Waals surface area contributed by atoms with Crippen LogP contribution < -0.4 is 137 Å². The van der Waals surface area contributed by atoms with Crippen LogP contribution in [0.2, 0.25) is 5.54 Å². The van der Waals surface area contributed by atoms with Crippen LogP contribution in [0.25, 0.3) is 22.3 Å². The van der Waals surface area contributed by atoms with Crippen LogP contribution in [0.5, 0.6) is 11.8 Å². The van der Waals surface area contributed by atoms with Crippen LogP contribution in [-0.2, 0) is 13.2 Å². The zero-order chi connectivity index (χ0) is 41.9. The second-order valence-corrected chi connectivity index (χ2v) is 16.1. The van der Waals surface area contributed by atoms with E-state index in [4.69, 9.17) is 20.9 Å². The van der Waals surface area contributed by atoms with Gasteiger partial charge in [-0.25, -0.2) is 9.97 Å². The van der Waals surface area contributed by atoms with Gasteiger partial charge in [0.25, 0.3) is 0 Å². The van der Waals surface area contributed by atoms with E-state index in [9.17, 15) is 30.3 Å². The van der Waals surface area contributed by atoms with Gasteiger partial charge in [-0.05, 0) is 29.9 Å². The molecule has 8 atom stereocenters. The van der Waals surface area contributed by atoms with Gasteiger partial charge in [-0.15, -0.1) is 0 Å². The predicted molar refractivity (Wildman–Crippen MR) is 218 cm³/mol. The number of imidazole rings is 2. The Morgan fingerprint density at radius 1 is 0.689 bits per heavy atom. The van der Waals surface area contributed by atoms with Crippen molar-refractivity contribution < 1.29 is 156 Å². The monoisotopic (exact) mass is 996 g/mol. The number of hydrogen-bond donors (Lipinski definition) is 8. The average Bonchev–Trinajstić information content (AvgIpc) is 4.00. The van der Waals surface area contributed by atoms with Crippen molar-refractivity contribution in [3.63, 3.8) is 0 Å². The molecule has 2 aliphatic rings. The summed E-state index contributed by atoms with van der Waals surface area (Å²) >= 11 is 0. The Kier molecular flexibility index (Phi) is 18.2. The first-order valence-corrected chi connectivity index (χ1v) is 20.6. The summed E-state index contributed by atoms with van der Waals surface area (Å²) in [5.41, 5.74) is 12.4. The molecule has 6 aromatic rings. The Labute approximate surface area is 453 Å². The zero-order valence-electron chi connectivity index (χ0n) is 34.8. The molecule has 2 aromatic carbocycles. The summed E-state index contributed by atoms with van der Waals surface area (Å²) in [5, 5.41) is 52.9. The number of nitrogen functional groups attached to an aromatic ring is 2. The molecule has 2 fully saturated rings. The summed E-state index contributed by atoms with van der Waals surface area (Å²) in [4.78, 5) is 35.6. The molecule has 0 unspecified atom stereocenters. The van der Waals surface area contributed by atoms with E-state index in [1.54, 1.807) is 15.5 Å². The minimum Gasteiger partial charge on any atom is -0.634 e. The number of nitrogens with two attached hydrogens (primary N) is 2. The summed E-state index contributed by atoms with van der Waals surface area (Å²) in [7, 11) is -0.322. The van der Waals surface area contributed by atoms with Gasteiger partial charge in [0.2, 0.25) is 23.7 Å². The van der Waals surface area contributed by atoms with Crippen LogP contribution >= 0.6 is 0 Å². The maximum absolute atomic E-state index is 11.3. The maximum atomic E-state index is 11.3. The number of anilines is 2. The van der Waals surface area contributed by atoms with E-state index in [1.807, 2.05) is 74.5 Å². The van der Waals surface area contributed by atoms with Crippen molar-refractivity contribution in [2.75, 3.05) is 24.7 Å². The Balaban J connectivity index is 0.000000224.